The molecule has 24 heavy (non-hydrogen) atoms. The van der Waals surface area contributed by atoms with Crippen LogP contribution in [0.3, 0.4) is 0 Å². The van der Waals surface area contributed by atoms with E-state index in [1.54, 1.807) is 6.92 Å². The number of nitrogens with one attached hydrogen (secondary N) is 1. The third-order valence-electron chi connectivity index (χ3n) is 3.06. The summed E-state index contributed by atoms with van der Waals surface area (Å²) in [6.45, 7) is 1.67. The number of thiazole rings is 1. The lowest BCUT2D eigenvalue weighted by Gasteiger charge is -2.07. The summed E-state index contributed by atoms with van der Waals surface area (Å²) in [7, 11) is -4.41. The lowest BCUT2D eigenvalue weighted by molar-refractivity contribution is -0.138. The highest BCUT2D eigenvalue weighted by Gasteiger charge is 2.25. The summed E-state index contributed by atoms with van der Waals surface area (Å²) in [5.41, 5.74) is 0. The fourth-order valence-electron chi connectivity index (χ4n) is 1.87. The molecule has 1 atom stereocenters. The first-order valence-electron chi connectivity index (χ1n) is 6.51. The van der Waals surface area contributed by atoms with E-state index in [0.717, 1.165) is 11.3 Å². The summed E-state index contributed by atoms with van der Waals surface area (Å²) in [4.78, 5) is 14.4. The molecule has 0 aliphatic heterocycles. The minimum atomic E-state index is -4.41. The minimum Gasteiger partial charge on any atom is -0.481 e. The molecule has 0 spiro atoms. The van der Waals surface area contributed by atoms with Crippen LogP contribution in [0.5, 0.6) is 0 Å². The van der Waals surface area contributed by atoms with Gasteiger partial charge in [-0.3, -0.25) is 9.52 Å². The minimum absolute atomic E-state index is 0.132. The van der Waals surface area contributed by atoms with E-state index < -0.39 is 38.4 Å². The van der Waals surface area contributed by atoms with Crippen LogP contribution in [0.1, 0.15) is 24.1 Å². The molecule has 1 unspecified atom stereocenters. The number of halogens is 3. The third kappa shape index (κ3) is 3.90. The Morgan fingerprint density at radius 3 is 2.67 bits per heavy atom. The number of benzene rings is 1. The van der Waals surface area contributed by atoms with Crippen molar-refractivity contribution in [2.75, 3.05) is 4.72 Å². The Morgan fingerprint density at radius 1 is 1.42 bits per heavy atom. The van der Waals surface area contributed by atoms with Gasteiger partial charge in [0.25, 0.3) is 10.0 Å². The smallest absolute Gasteiger partial charge is 0.311 e. The van der Waals surface area contributed by atoms with E-state index in [1.165, 1.54) is 6.20 Å². The van der Waals surface area contributed by atoms with Crippen LogP contribution < -0.4 is 4.72 Å². The fourth-order valence-corrected chi connectivity index (χ4v) is 4.49. The van der Waals surface area contributed by atoms with Gasteiger partial charge in [0.1, 0.15) is 16.5 Å². The summed E-state index contributed by atoms with van der Waals surface area (Å²) in [5, 5.41) is 8.95. The van der Waals surface area contributed by atoms with Gasteiger partial charge in [-0.1, -0.05) is 6.92 Å². The number of nitrogens with zero attached hydrogens (tertiary/aromatic N) is 1. The number of carbonyl (C=O) groups is 1. The van der Waals surface area contributed by atoms with Gasteiger partial charge in [0.15, 0.2) is 5.13 Å². The van der Waals surface area contributed by atoms with Gasteiger partial charge < -0.3 is 5.11 Å². The maximum Gasteiger partial charge on any atom is 0.311 e. The maximum absolute atomic E-state index is 13.8. The molecule has 2 aromatic rings. The van der Waals surface area contributed by atoms with Crippen LogP contribution in [-0.4, -0.2) is 24.5 Å². The first-order chi connectivity index (χ1) is 11.2. The van der Waals surface area contributed by atoms with Crippen LogP contribution in [0.15, 0.2) is 27.7 Å². The number of rotatable bonds is 6. The standard InChI is InChI=1S/C13H11BrF2N2O4S2/c1-2-6(12(19)20)10-5-17-13(23-10)18-24(21,22)11-4-8(15)7(14)3-9(11)16/h3-6H,2H2,1H3,(H,17,18)(H,19,20). The molecule has 0 saturated heterocycles. The molecule has 0 fully saturated rings. The van der Waals surface area contributed by atoms with Gasteiger partial charge in [0.2, 0.25) is 0 Å². The van der Waals surface area contributed by atoms with Crippen LogP contribution in [0.2, 0.25) is 0 Å². The second-order valence-electron chi connectivity index (χ2n) is 4.67. The van der Waals surface area contributed by atoms with Crippen LogP contribution in [0.25, 0.3) is 0 Å². The number of sulfonamides is 1. The van der Waals surface area contributed by atoms with Crippen molar-refractivity contribution >= 4 is 48.4 Å². The summed E-state index contributed by atoms with van der Waals surface area (Å²) >= 11 is 3.58. The van der Waals surface area contributed by atoms with Gasteiger partial charge in [0.05, 0.1) is 10.4 Å². The SMILES string of the molecule is CCC(C(=O)O)c1cnc(NS(=O)(=O)c2cc(F)c(Br)cc2F)s1. The molecule has 0 amide bonds. The van der Waals surface area contributed by atoms with Gasteiger partial charge in [-0.15, -0.1) is 11.3 Å². The van der Waals surface area contributed by atoms with E-state index in [-0.39, 0.29) is 9.60 Å². The number of hydrogen-bond donors (Lipinski definition) is 2. The number of anilines is 1. The van der Waals surface area contributed by atoms with E-state index in [4.69, 9.17) is 5.11 Å². The zero-order valence-electron chi connectivity index (χ0n) is 12.1. The van der Waals surface area contributed by atoms with Gasteiger partial charge >= 0.3 is 5.97 Å². The number of hydrogen-bond acceptors (Lipinski definition) is 5. The van der Waals surface area contributed by atoms with Crippen molar-refractivity contribution in [1.82, 2.24) is 4.98 Å². The van der Waals surface area contributed by atoms with Crippen LogP contribution in [0.4, 0.5) is 13.9 Å². The number of carboxylic acid groups (broad SMARTS) is 1. The van der Waals surface area contributed by atoms with Crippen LogP contribution in [0, 0.1) is 11.6 Å². The molecule has 1 heterocycles. The maximum atomic E-state index is 13.8. The molecule has 1 aromatic carbocycles. The number of aliphatic carboxylic acids is 1. The summed E-state index contributed by atoms with van der Waals surface area (Å²) < 4.78 is 53.5. The first kappa shape index (κ1) is 18.7. The molecule has 0 aliphatic carbocycles. The Morgan fingerprint density at radius 2 is 2.08 bits per heavy atom. The highest BCUT2D eigenvalue weighted by atomic mass is 79.9. The molecular formula is C13H11BrF2N2O4S2. The van der Waals surface area contributed by atoms with E-state index in [2.05, 4.69) is 20.9 Å². The van der Waals surface area contributed by atoms with Crippen LogP contribution >= 0.6 is 27.3 Å². The Balaban J connectivity index is 2.32. The van der Waals surface area contributed by atoms with Gasteiger partial charge in [0, 0.05) is 11.1 Å². The quantitative estimate of drug-likeness (QED) is 0.669. The molecule has 0 aliphatic rings. The molecule has 2 N–H and O–H groups in total. The van der Waals surface area contributed by atoms with E-state index in [0.29, 0.717) is 23.4 Å². The zero-order chi connectivity index (χ0) is 18.1. The van der Waals surface area contributed by atoms with Crippen molar-refractivity contribution in [3.63, 3.8) is 0 Å². The van der Waals surface area contributed by atoms with Crippen molar-refractivity contribution in [3.05, 3.63) is 39.3 Å². The van der Waals surface area contributed by atoms with Crippen molar-refractivity contribution < 1.29 is 27.1 Å². The molecule has 130 valence electrons. The predicted octanol–water partition coefficient (Wildman–Crippen LogP) is 3.56. The second kappa shape index (κ2) is 7.11. The molecule has 11 heteroatoms. The van der Waals surface area contributed by atoms with Gasteiger partial charge in [-0.2, -0.15) is 0 Å². The Labute approximate surface area is 148 Å². The largest absolute Gasteiger partial charge is 0.481 e. The van der Waals surface area contributed by atoms with Gasteiger partial charge in [-0.05, 0) is 34.5 Å². The monoisotopic (exact) mass is 440 g/mol. The van der Waals surface area contributed by atoms with Gasteiger partial charge in [-0.25, -0.2) is 22.2 Å². The summed E-state index contributed by atoms with van der Waals surface area (Å²) in [5.74, 6) is -3.95. The Kier molecular flexibility index (Phi) is 5.56. The molecule has 0 bridgehead atoms. The molecular weight excluding hydrogens is 430 g/mol. The fraction of sp³-hybridized carbons (Fsp3) is 0.231. The van der Waals surface area contributed by atoms with Crippen molar-refractivity contribution in [3.8, 4) is 0 Å². The van der Waals surface area contributed by atoms with E-state index in [9.17, 15) is 22.0 Å². The lowest BCUT2D eigenvalue weighted by Crippen LogP contribution is -2.15. The highest BCUT2D eigenvalue weighted by molar-refractivity contribution is 9.10. The first-order valence-corrected chi connectivity index (χ1v) is 9.61. The number of aromatic nitrogens is 1. The van der Waals surface area contributed by atoms with E-state index in [1.807, 2.05) is 4.72 Å². The molecule has 0 saturated carbocycles. The predicted molar refractivity (Wildman–Crippen MR) is 87.6 cm³/mol. The van der Waals surface area contributed by atoms with Crippen molar-refractivity contribution in [2.24, 2.45) is 0 Å². The van der Waals surface area contributed by atoms with Crippen LogP contribution in [-0.2, 0) is 14.8 Å². The third-order valence-corrected chi connectivity index (χ3v) is 6.18. The Bertz CT molecular complexity index is 886. The topological polar surface area (TPSA) is 96.4 Å². The van der Waals surface area contributed by atoms with E-state index >= 15 is 0 Å². The summed E-state index contributed by atoms with van der Waals surface area (Å²) in [6.07, 6.45) is 1.54. The molecule has 2 rings (SSSR count). The normalized spacial score (nSPS) is 12.8. The molecule has 0 radical (unpaired) electrons. The van der Waals surface area contributed by atoms with Crippen molar-refractivity contribution in [1.29, 1.82) is 0 Å². The number of carboxylic acids is 1. The lowest BCUT2D eigenvalue weighted by atomic mass is 10.1. The second-order valence-corrected chi connectivity index (χ2v) is 8.24. The average Bonchev–Trinajstić information content (AvgIpc) is 2.90. The highest BCUT2D eigenvalue weighted by Crippen LogP contribution is 2.30. The summed E-state index contributed by atoms with van der Waals surface area (Å²) in [6, 6.07) is 1.25. The van der Waals surface area contributed by atoms with Crippen molar-refractivity contribution in [2.45, 2.75) is 24.2 Å². The Hall–Kier alpha value is -1.59. The zero-order valence-corrected chi connectivity index (χ0v) is 15.3. The average molecular weight is 441 g/mol. The molecule has 1 aromatic heterocycles. The molecule has 6 nitrogen and oxygen atoms in total.